The van der Waals surface area contributed by atoms with E-state index in [0.717, 1.165) is 22.5 Å². The Kier molecular flexibility index (Phi) is 5.78. The quantitative estimate of drug-likeness (QED) is 0.478. The first-order chi connectivity index (χ1) is 12.7. The summed E-state index contributed by atoms with van der Waals surface area (Å²) in [6, 6.07) is 24.3. The lowest BCUT2D eigenvalue weighted by Crippen LogP contribution is -1.93. The van der Waals surface area contributed by atoms with Gasteiger partial charge in [0.2, 0.25) is 0 Å². The molecule has 3 aromatic carbocycles. The average molecular weight is 342 g/mol. The number of anilines is 2. The zero-order valence-corrected chi connectivity index (χ0v) is 15.0. The number of aryl methyl sites for hydroxylation is 2. The third-order valence-electron chi connectivity index (χ3n) is 3.79. The van der Waals surface area contributed by atoms with E-state index in [1.54, 1.807) is 12.4 Å². The summed E-state index contributed by atoms with van der Waals surface area (Å²) in [4.78, 5) is 0. The molecule has 3 rings (SSSR count). The molecule has 0 saturated carbocycles. The smallest absolute Gasteiger partial charge is 0.0564 e. The lowest BCUT2D eigenvalue weighted by molar-refractivity contribution is 1.33. The van der Waals surface area contributed by atoms with E-state index < -0.39 is 0 Å². The van der Waals surface area contributed by atoms with E-state index in [4.69, 9.17) is 0 Å². The van der Waals surface area contributed by atoms with E-state index in [9.17, 15) is 0 Å². The molecule has 26 heavy (non-hydrogen) atoms. The molecule has 0 radical (unpaired) electrons. The summed E-state index contributed by atoms with van der Waals surface area (Å²) < 4.78 is 0. The van der Waals surface area contributed by atoms with Gasteiger partial charge in [-0.2, -0.15) is 10.2 Å². The van der Waals surface area contributed by atoms with Crippen LogP contribution in [0.15, 0.2) is 83.0 Å². The SMILES string of the molecule is Cc1cccc(NN=Cc2ccc(C=NNc3cccc(C)c3)cc2)c1. The number of nitrogens with one attached hydrogen (secondary N) is 2. The first kappa shape index (κ1) is 17.4. The summed E-state index contributed by atoms with van der Waals surface area (Å²) in [5.41, 5.74) is 12.5. The van der Waals surface area contributed by atoms with Crippen molar-refractivity contribution in [3.8, 4) is 0 Å². The van der Waals surface area contributed by atoms with Gasteiger partial charge in [0.1, 0.15) is 0 Å². The van der Waals surface area contributed by atoms with E-state index in [1.807, 2.05) is 48.5 Å². The van der Waals surface area contributed by atoms with Crippen molar-refractivity contribution in [3.05, 3.63) is 95.1 Å². The molecule has 0 saturated heterocycles. The maximum atomic E-state index is 4.27. The van der Waals surface area contributed by atoms with Gasteiger partial charge in [-0.15, -0.1) is 0 Å². The highest BCUT2D eigenvalue weighted by Gasteiger charge is 1.93. The Hall–Kier alpha value is -3.40. The highest BCUT2D eigenvalue weighted by atomic mass is 15.3. The summed E-state index contributed by atoms with van der Waals surface area (Å²) >= 11 is 0. The van der Waals surface area contributed by atoms with E-state index in [1.165, 1.54) is 11.1 Å². The van der Waals surface area contributed by atoms with Crippen LogP contribution in [0.5, 0.6) is 0 Å². The van der Waals surface area contributed by atoms with Crippen molar-refractivity contribution in [2.45, 2.75) is 13.8 Å². The minimum absolute atomic E-state index is 0.979. The van der Waals surface area contributed by atoms with Crippen LogP contribution >= 0.6 is 0 Å². The molecule has 0 fully saturated rings. The van der Waals surface area contributed by atoms with Crippen LogP contribution in [0.2, 0.25) is 0 Å². The Balaban J connectivity index is 1.54. The fourth-order valence-corrected chi connectivity index (χ4v) is 2.46. The second kappa shape index (κ2) is 8.62. The highest BCUT2D eigenvalue weighted by Crippen LogP contribution is 2.10. The van der Waals surface area contributed by atoms with Gasteiger partial charge in [-0.1, -0.05) is 48.5 Å². The predicted molar refractivity (Wildman–Crippen MR) is 111 cm³/mol. The van der Waals surface area contributed by atoms with Crippen LogP contribution in [0.3, 0.4) is 0 Å². The first-order valence-corrected chi connectivity index (χ1v) is 8.51. The van der Waals surface area contributed by atoms with E-state index in [2.05, 4.69) is 59.2 Å². The van der Waals surface area contributed by atoms with Crippen molar-refractivity contribution in [1.82, 2.24) is 0 Å². The summed E-state index contributed by atoms with van der Waals surface area (Å²) in [6.07, 6.45) is 3.60. The van der Waals surface area contributed by atoms with Gasteiger partial charge in [-0.3, -0.25) is 10.9 Å². The molecular weight excluding hydrogens is 320 g/mol. The summed E-state index contributed by atoms with van der Waals surface area (Å²) in [7, 11) is 0. The minimum Gasteiger partial charge on any atom is -0.278 e. The van der Waals surface area contributed by atoms with Gasteiger partial charge in [0.25, 0.3) is 0 Å². The van der Waals surface area contributed by atoms with Gasteiger partial charge in [0.05, 0.1) is 23.8 Å². The number of nitrogens with zero attached hydrogens (tertiary/aromatic N) is 2. The van der Waals surface area contributed by atoms with Crippen molar-refractivity contribution < 1.29 is 0 Å². The van der Waals surface area contributed by atoms with Gasteiger partial charge < -0.3 is 0 Å². The molecule has 3 aromatic rings. The van der Waals surface area contributed by atoms with E-state index in [-0.39, 0.29) is 0 Å². The molecule has 0 spiro atoms. The molecule has 4 nitrogen and oxygen atoms in total. The van der Waals surface area contributed by atoms with Crippen LogP contribution < -0.4 is 10.9 Å². The summed E-state index contributed by atoms with van der Waals surface area (Å²) in [5, 5.41) is 8.54. The van der Waals surface area contributed by atoms with Crippen molar-refractivity contribution in [3.63, 3.8) is 0 Å². The Morgan fingerprint density at radius 2 is 1.04 bits per heavy atom. The molecule has 0 bridgehead atoms. The van der Waals surface area contributed by atoms with Crippen molar-refractivity contribution in [2.24, 2.45) is 10.2 Å². The Bertz CT molecular complexity index is 835. The fourth-order valence-electron chi connectivity index (χ4n) is 2.46. The average Bonchev–Trinajstić information content (AvgIpc) is 2.63. The minimum atomic E-state index is 0.979. The molecular formula is C22H22N4. The van der Waals surface area contributed by atoms with Gasteiger partial charge in [-0.25, -0.2) is 0 Å². The normalized spacial score (nSPS) is 11.2. The highest BCUT2D eigenvalue weighted by molar-refractivity contribution is 5.84. The number of hydrogen-bond acceptors (Lipinski definition) is 4. The topological polar surface area (TPSA) is 48.8 Å². The van der Waals surface area contributed by atoms with Crippen LogP contribution in [0.25, 0.3) is 0 Å². The second-order valence-corrected chi connectivity index (χ2v) is 6.15. The molecule has 0 amide bonds. The molecule has 130 valence electrons. The van der Waals surface area contributed by atoms with E-state index >= 15 is 0 Å². The lowest BCUT2D eigenvalue weighted by atomic mass is 10.2. The largest absolute Gasteiger partial charge is 0.278 e. The molecule has 0 unspecified atom stereocenters. The van der Waals surface area contributed by atoms with Crippen molar-refractivity contribution in [2.75, 3.05) is 10.9 Å². The maximum Gasteiger partial charge on any atom is 0.0564 e. The van der Waals surface area contributed by atoms with Gasteiger partial charge in [-0.05, 0) is 60.4 Å². The maximum absolute atomic E-state index is 4.27. The standard InChI is InChI=1S/C22H22N4/c1-17-5-3-7-21(13-17)25-23-15-19-9-11-20(12-10-19)16-24-26-22-8-4-6-18(2)14-22/h3-16,25-26H,1-2H3. The monoisotopic (exact) mass is 342 g/mol. The zero-order valence-electron chi connectivity index (χ0n) is 15.0. The van der Waals surface area contributed by atoms with Crippen LogP contribution in [0, 0.1) is 13.8 Å². The Labute approximate surface area is 154 Å². The lowest BCUT2D eigenvalue weighted by Gasteiger charge is -2.02. The number of hydrogen-bond donors (Lipinski definition) is 2. The molecule has 2 N–H and O–H groups in total. The summed E-state index contributed by atoms with van der Waals surface area (Å²) in [5.74, 6) is 0. The second-order valence-electron chi connectivity index (χ2n) is 6.15. The fraction of sp³-hybridized carbons (Fsp3) is 0.0909. The number of benzene rings is 3. The van der Waals surface area contributed by atoms with Crippen LogP contribution in [0.1, 0.15) is 22.3 Å². The van der Waals surface area contributed by atoms with Crippen LogP contribution in [-0.2, 0) is 0 Å². The van der Waals surface area contributed by atoms with Crippen molar-refractivity contribution >= 4 is 23.8 Å². The molecule has 0 aliphatic carbocycles. The van der Waals surface area contributed by atoms with Crippen LogP contribution in [0.4, 0.5) is 11.4 Å². The van der Waals surface area contributed by atoms with Gasteiger partial charge in [0, 0.05) is 0 Å². The Morgan fingerprint density at radius 3 is 1.42 bits per heavy atom. The van der Waals surface area contributed by atoms with E-state index in [0.29, 0.717) is 0 Å². The molecule has 0 aliphatic rings. The third-order valence-corrected chi connectivity index (χ3v) is 3.79. The van der Waals surface area contributed by atoms with Gasteiger partial charge >= 0.3 is 0 Å². The predicted octanol–water partition coefficient (Wildman–Crippen LogP) is 5.20. The third kappa shape index (κ3) is 5.31. The van der Waals surface area contributed by atoms with Gasteiger partial charge in [0.15, 0.2) is 0 Å². The number of rotatable bonds is 6. The molecule has 0 atom stereocenters. The first-order valence-electron chi connectivity index (χ1n) is 8.51. The summed E-state index contributed by atoms with van der Waals surface area (Å²) in [6.45, 7) is 4.12. The van der Waals surface area contributed by atoms with Crippen molar-refractivity contribution in [1.29, 1.82) is 0 Å². The molecule has 0 heterocycles. The molecule has 0 aromatic heterocycles. The van der Waals surface area contributed by atoms with Crippen LogP contribution in [-0.4, -0.2) is 12.4 Å². The molecule has 4 heteroatoms. The Morgan fingerprint density at radius 1 is 0.615 bits per heavy atom. The molecule has 0 aliphatic heterocycles. The zero-order chi connectivity index (χ0) is 18.2. The number of hydrazone groups is 2.